The molecule has 272 valence electrons. The highest BCUT2D eigenvalue weighted by molar-refractivity contribution is 7.26. The standard InChI is InChI=1S/C55H36N2S/c1-4-18-37(19-5-1)56(38-20-6-2-7-21-38)40-34-35-42-41-24-10-13-28-46(41)55(49(42)36-40)47-29-14-11-26-45(47)53-48(55)30-17-31-50(53)57(39-22-8-3-9-23-39)51-32-16-27-44-43-25-12-15-33-52(43)58-54(44)51/h1-36H. The molecule has 0 saturated heterocycles. The highest BCUT2D eigenvalue weighted by Gasteiger charge is 2.52. The molecule has 3 heteroatoms. The average Bonchev–Trinajstić information content (AvgIpc) is 3.93. The van der Waals surface area contributed by atoms with Gasteiger partial charge in [-0.15, -0.1) is 11.3 Å². The number of hydrogen-bond donors (Lipinski definition) is 0. The van der Waals surface area contributed by atoms with Gasteiger partial charge in [0.1, 0.15) is 0 Å². The third-order valence-corrected chi connectivity index (χ3v) is 13.5. The molecule has 9 aromatic carbocycles. The average molecular weight is 757 g/mol. The summed E-state index contributed by atoms with van der Waals surface area (Å²) in [6, 6.07) is 80.4. The van der Waals surface area contributed by atoms with Gasteiger partial charge in [-0.3, -0.25) is 0 Å². The molecule has 12 rings (SSSR count). The molecule has 1 heterocycles. The maximum Gasteiger partial charge on any atom is 0.0727 e. The lowest BCUT2D eigenvalue weighted by atomic mass is 9.70. The van der Waals surface area contributed by atoms with Crippen molar-refractivity contribution < 1.29 is 0 Å². The highest BCUT2D eigenvalue weighted by atomic mass is 32.1. The third kappa shape index (κ3) is 4.65. The van der Waals surface area contributed by atoms with E-state index in [9.17, 15) is 0 Å². The van der Waals surface area contributed by atoms with Crippen LogP contribution in [0.1, 0.15) is 22.3 Å². The fraction of sp³-hybridized carbons (Fsp3) is 0.0182. The number of fused-ring (bicyclic) bond motifs is 13. The number of hydrogen-bond acceptors (Lipinski definition) is 3. The number of rotatable bonds is 6. The Morgan fingerprint density at radius 1 is 0.328 bits per heavy atom. The Morgan fingerprint density at radius 3 is 1.57 bits per heavy atom. The lowest BCUT2D eigenvalue weighted by Crippen LogP contribution is -2.26. The lowest BCUT2D eigenvalue weighted by molar-refractivity contribution is 0.793. The first-order chi connectivity index (χ1) is 28.8. The summed E-state index contributed by atoms with van der Waals surface area (Å²) in [5.74, 6) is 0. The number of para-hydroxylation sites is 3. The van der Waals surface area contributed by atoms with Crippen molar-refractivity contribution in [2.24, 2.45) is 0 Å². The quantitative estimate of drug-likeness (QED) is 0.167. The molecule has 0 fully saturated rings. The van der Waals surface area contributed by atoms with Gasteiger partial charge in [0.2, 0.25) is 0 Å². The molecule has 2 aliphatic carbocycles. The molecule has 0 saturated carbocycles. The van der Waals surface area contributed by atoms with Crippen LogP contribution in [0.2, 0.25) is 0 Å². The summed E-state index contributed by atoms with van der Waals surface area (Å²) < 4.78 is 2.59. The first kappa shape index (κ1) is 33.0. The van der Waals surface area contributed by atoms with Gasteiger partial charge in [-0.2, -0.15) is 0 Å². The van der Waals surface area contributed by atoms with E-state index in [4.69, 9.17) is 0 Å². The minimum atomic E-state index is -0.533. The van der Waals surface area contributed by atoms with Crippen LogP contribution in [0.5, 0.6) is 0 Å². The second-order valence-electron chi connectivity index (χ2n) is 15.2. The predicted octanol–water partition coefficient (Wildman–Crippen LogP) is 15.3. The molecule has 1 spiro atoms. The van der Waals surface area contributed by atoms with E-state index in [0.717, 1.165) is 22.7 Å². The summed E-state index contributed by atoms with van der Waals surface area (Å²) in [5.41, 5.74) is 16.7. The largest absolute Gasteiger partial charge is 0.310 e. The van der Waals surface area contributed by atoms with E-state index in [1.54, 1.807) is 0 Å². The van der Waals surface area contributed by atoms with Crippen LogP contribution in [0.3, 0.4) is 0 Å². The van der Waals surface area contributed by atoms with Crippen molar-refractivity contribution in [2.45, 2.75) is 5.41 Å². The first-order valence-electron chi connectivity index (χ1n) is 19.9. The van der Waals surface area contributed by atoms with Gasteiger partial charge in [0, 0.05) is 43.8 Å². The second-order valence-corrected chi connectivity index (χ2v) is 16.3. The minimum absolute atomic E-state index is 0.533. The van der Waals surface area contributed by atoms with Crippen LogP contribution in [0, 0.1) is 0 Å². The van der Waals surface area contributed by atoms with E-state index in [2.05, 4.69) is 228 Å². The molecule has 0 bridgehead atoms. The van der Waals surface area contributed by atoms with E-state index >= 15 is 0 Å². The molecule has 10 aromatic rings. The van der Waals surface area contributed by atoms with Gasteiger partial charge in [-0.05, 0) is 106 Å². The molecular weight excluding hydrogens is 721 g/mol. The Kier molecular flexibility index (Phi) is 7.35. The van der Waals surface area contributed by atoms with Crippen molar-refractivity contribution in [1.82, 2.24) is 0 Å². The fourth-order valence-electron chi connectivity index (χ4n) is 9.98. The van der Waals surface area contributed by atoms with Gasteiger partial charge in [0.05, 0.1) is 21.5 Å². The highest BCUT2D eigenvalue weighted by Crippen LogP contribution is 2.65. The number of anilines is 6. The van der Waals surface area contributed by atoms with Crippen LogP contribution in [0.4, 0.5) is 34.1 Å². The molecule has 0 aliphatic heterocycles. The van der Waals surface area contributed by atoms with Crippen molar-refractivity contribution in [2.75, 3.05) is 9.80 Å². The van der Waals surface area contributed by atoms with Gasteiger partial charge in [0.25, 0.3) is 0 Å². The molecule has 0 N–H and O–H groups in total. The zero-order chi connectivity index (χ0) is 38.2. The Labute approximate surface area is 342 Å². The fourth-order valence-corrected chi connectivity index (χ4v) is 11.2. The van der Waals surface area contributed by atoms with Crippen LogP contribution >= 0.6 is 11.3 Å². The summed E-state index contributed by atoms with van der Waals surface area (Å²) in [4.78, 5) is 4.90. The summed E-state index contributed by atoms with van der Waals surface area (Å²) >= 11 is 1.88. The molecule has 0 radical (unpaired) electrons. The normalized spacial score (nSPS) is 14.6. The van der Waals surface area contributed by atoms with Gasteiger partial charge < -0.3 is 9.80 Å². The molecule has 1 aromatic heterocycles. The number of nitrogens with zero attached hydrogens (tertiary/aromatic N) is 2. The summed E-state index contributed by atoms with van der Waals surface area (Å²) in [5, 5.41) is 2.59. The van der Waals surface area contributed by atoms with E-state index < -0.39 is 5.41 Å². The lowest BCUT2D eigenvalue weighted by Gasteiger charge is -2.33. The Morgan fingerprint density at radius 2 is 0.845 bits per heavy atom. The second kappa shape index (κ2) is 12.9. The van der Waals surface area contributed by atoms with E-state index in [-0.39, 0.29) is 0 Å². The maximum atomic E-state index is 2.51. The Balaban J connectivity index is 1.15. The zero-order valence-electron chi connectivity index (χ0n) is 31.6. The van der Waals surface area contributed by atoms with Gasteiger partial charge in [0.15, 0.2) is 0 Å². The molecule has 1 atom stereocenters. The number of benzene rings is 9. The SMILES string of the molecule is c1ccc(N(c2ccccc2)c2ccc3c(c2)C2(c4ccccc4-3)c3ccccc3-c3c(N(c4ccccc4)c4cccc5c4sc4ccccc45)cccc32)cc1. The maximum absolute atomic E-state index is 2.51. The molecule has 2 nitrogen and oxygen atoms in total. The van der Waals surface area contributed by atoms with Crippen LogP contribution in [0.25, 0.3) is 42.4 Å². The minimum Gasteiger partial charge on any atom is -0.310 e. The topological polar surface area (TPSA) is 6.48 Å². The van der Waals surface area contributed by atoms with E-state index in [1.165, 1.54) is 76.1 Å². The molecule has 58 heavy (non-hydrogen) atoms. The van der Waals surface area contributed by atoms with Gasteiger partial charge in [-0.25, -0.2) is 0 Å². The van der Waals surface area contributed by atoms with Gasteiger partial charge in [-0.1, -0.05) is 152 Å². The van der Waals surface area contributed by atoms with Crippen molar-refractivity contribution in [3.05, 3.63) is 241 Å². The molecule has 1 unspecified atom stereocenters. The molecular formula is C55H36N2S. The number of thiophene rings is 1. The monoisotopic (exact) mass is 756 g/mol. The van der Waals surface area contributed by atoms with E-state index in [0.29, 0.717) is 0 Å². The summed E-state index contributed by atoms with van der Waals surface area (Å²) in [7, 11) is 0. The Hall–Kier alpha value is -7.20. The van der Waals surface area contributed by atoms with Crippen LogP contribution in [-0.4, -0.2) is 0 Å². The summed E-state index contributed by atoms with van der Waals surface area (Å²) in [6.07, 6.45) is 0. The third-order valence-electron chi connectivity index (χ3n) is 12.2. The Bertz CT molecular complexity index is 3150. The van der Waals surface area contributed by atoms with E-state index in [1.807, 2.05) is 11.3 Å². The van der Waals surface area contributed by atoms with Crippen molar-refractivity contribution in [1.29, 1.82) is 0 Å². The van der Waals surface area contributed by atoms with Crippen LogP contribution < -0.4 is 9.80 Å². The van der Waals surface area contributed by atoms with Crippen LogP contribution in [-0.2, 0) is 5.41 Å². The van der Waals surface area contributed by atoms with Crippen LogP contribution in [0.15, 0.2) is 218 Å². The van der Waals surface area contributed by atoms with Crippen molar-refractivity contribution in [3.8, 4) is 22.3 Å². The summed E-state index contributed by atoms with van der Waals surface area (Å²) in [6.45, 7) is 0. The smallest absolute Gasteiger partial charge is 0.0727 e. The zero-order valence-corrected chi connectivity index (χ0v) is 32.4. The van der Waals surface area contributed by atoms with Crippen molar-refractivity contribution in [3.63, 3.8) is 0 Å². The predicted molar refractivity (Wildman–Crippen MR) is 245 cm³/mol. The molecule has 0 amide bonds. The van der Waals surface area contributed by atoms with Gasteiger partial charge >= 0.3 is 0 Å². The first-order valence-corrected chi connectivity index (χ1v) is 20.8. The molecule has 2 aliphatic rings. The van der Waals surface area contributed by atoms with Crippen molar-refractivity contribution >= 4 is 65.6 Å².